The first-order valence-electron chi connectivity index (χ1n) is 5.54. The molecule has 2 aromatic heterocycles. The molecule has 2 rings (SSSR count). The number of nitrogens with one attached hydrogen (secondary N) is 1. The van der Waals surface area contributed by atoms with E-state index in [0.717, 1.165) is 24.7 Å². The molecule has 0 fully saturated rings. The van der Waals surface area contributed by atoms with Gasteiger partial charge in [0, 0.05) is 12.6 Å². The van der Waals surface area contributed by atoms with Gasteiger partial charge in [0.1, 0.15) is 12.1 Å². The third-order valence-corrected chi connectivity index (χ3v) is 3.83. The van der Waals surface area contributed by atoms with Crippen molar-refractivity contribution in [2.75, 3.05) is 11.9 Å². The van der Waals surface area contributed by atoms with Crippen LogP contribution in [0.1, 0.15) is 13.3 Å². The lowest BCUT2D eigenvalue weighted by Crippen LogP contribution is -2.03. The Kier molecular flexibility index (Phi) is 4.63. The van der Waals surface area contributed by atoms with Crippen LogP contribution in [0.4, 0.5) is 11.5 Å². The first-order chi connectivity index (χ1) is 9.20. The van der Waals surface area contributed by atoms with Gasteiger partial charge < -0.3 is 5.32 Å². The summed E-state index contributed by atoms with van der Waals surface area (Å²) in [4.78, 5) is 18.8. The zero-order valence-corrected chi connectivity index (χ0v) is 11.7. The van der Waals surface area contributed by atoms with Crippen LogP contribution in [0.5, 0.6) is 0 Å². The molecule has 0 unspecified atom stereocenters. The fourth-order valence-corrected chi connectivity index (χ4v) is 2.74. The third-order valence-electron chi connectivity index (χ3n) is 2.12. The topological polar surface area (TPSA) is 93.8 Å². The Morgan fingerprint density at radius 3 is 3.00 bits per heavy atom. The van der Waals surface area contributed by atoms with Crippen LogP contribution in [-0.4, -0.2) is 25.8 Å². The molecule has 0 spiro atoms. The van der Waals surface area contributed by atoms with E-state index in [9.17, 15) is 10.1 Å². The van der Waals surface area contributed by atoms with Crippen molar-refractivity contribution in [3.8, 4) is 0 Å². The number of anilines is 1. The Hall–Kier alpha value is -1.74. The van der Waals surface area contributed by atoms with E-state index in [2.05, 4.69) is 19.7 Å². The van der Waals surface area contributed by atoms with E-state index in [1.165, 1.54) is 23.9 Å². The summed E-state index contributed by atoms with van der Waals surface area (Å²) in [5.74, 6) is 0.625. The van der Waals surface area contributed by atoms with Gasteiger partial charge in [0.2, 0.25) is 0 Å². The summed E-state index contributed by atoms with van der Waals surface area (Å²) in [6.07, 6.45) is 2.37. The number of rotatable bonds is 6. The van der Waals surface area contributed by atoms with Crippen LogP contribution in [0, 0.1) is 10.1 Å². The van der Waals surface area contributed by atoms with E-state index in [-0.39, 0.29) is 5.69 Å². The second-order valence-corrected chi connectivity index (χ2v) is 5.53. The minimum Gasteiger partial charge on any atom is -0.370 e. The predicted molar refractivity (Wildman–Crippen MR) is 73.7 cm³/mol. The molecule has 0 aliphatic heterocycles. The summed E-state index contributed by atoms with van der Waals surface area (Å²) in [6.45, 7) is 2.81. The van der Waals surface area contributed by atoms with Gasteiger partial charge in [-0.2, -0.15) is 4.37 Å². The van der Waals surface area contributed by atoms with Crippen molar-refractivity contribution in [2.24, 2.45) is 0 Å². The molecule has 0 aromatic carbocycles. The molecule has 1 N–H and O–H groups in total. The maximum absolute atomic E-state index is 11.0. The lowest BCUT2D eigenvalue weighted by Gasteiger charge is -2.05. The molecule has 0 saturated carbocycles. The molecule has 0 saturated heterocycles. The Morgan fingerprint density at radius 1 is 1.53 bits per heavy atom. The molecule has 2 heterocycles. The highest BCUT2D eigenvalue weighted by Gasteiger charge is 2.18. The van der Waals surface area contributed by atoms with Gasteiger partial charge in [0.05, 0.1) is 4.92 Å². The van der Waals surface area contributed by atoms with Gasteiger partial charge >= 0.3 is 5.69 Å². The maximum atomic E-state index is 11.0. The zero-order valence-electron chi connectivity index (χ0n) is 10.1. The lowest BCUT2D eigenvalue weighted by atomic mass is 10.4. The van der Waals surface area contributed by atoms with Gasteiger partial charge in [-0.25, -0.2) is 9.97 Å². The minimum atomic E-state index is -0.444. The number of hydrogen-bond donors (Lipinski definition) is 1. The van der Waals surface area contributed by atoms with Crippen LogP contribution < -0.4 is 5.32 Å². The molecule has 100 valence electrons. The Morgan fingerprint density at radius 2 is 2.37 bits per heavy atom. The second-order valence-electron chi connectivity index (χ2n) is 3.51. The van der Waals surface area contributed by atoms with Crippen LogP contribution in [-0.2, 0) is 0 Å². The number of pyridine rings is 1. The van der Waals surface area contributed by atoms with Crippen LogP contribution in [0.25, 0.3) is 0 Å². The second kappa shape index (κ2) is 6.43. The van der Waals surface area contributed by atoms with Crippen LogP contribution in [0.15, 0.2) is 27.8 Å². The number of aromatic nitrogens is 3. The summed E-state index contributed by atoms with van der Waals surface area (Å²) in [5, 5.41) is 14.4. The lowest BCUT2D eigenvalue weighted by molar-refractivity contribution is -0.388. The van der Waals surface area contributed by atoms with Crippen molar-refractivity contribution in [1.82, 2.24) is 14.3 Å². The molecule has 19 heavy (non-hydrogen) atoms. The first-order valence-corrected chi connectivity index (χ1v) is 7.13. The van der Waals surface area contributed by atoms with Gasteiger partial charge in [0.25, 0.3) is 0 Å². The summed E-state index contributed by atoms with van der Waals surface area (Å²) in [5.41, 5.74) is -0.0257. The molecule has 7 nitrogen and oxygen atoms in total. The molecule has 9 heteroatoms. The van der Waals surface area contributed by atoms with Gasteiger partial charge in [0.15, 0.2) is 9.37 Å². The van der Waals surface area contributed by atoms with Crippen molar-refractivity contribution < 1.29 is 4.92 Å². The van der Waals surface area contributed by atoms with E-state index >= 15 is 0 Å². The van der Waals surface area contributed by atoms with Gasteiger partial charge in [-0.05, 0) is 35.8 Å². The molecule has 2 aromatic rings. The molecule has 0 aliphatic rings. The Bertz CT molecular complexity index is 561. The summed E-state index contributed by atoms with van der Waals surface area (Å²) < 4.78 is 4.49. The highest BCUT2D eigenvalue weighted by molar-refractivity contribution is 8.01. The molecule has 0 atom stereocenters. The highest BCUT2D eigenvalue weighted by atomic mass is 32.2. The molecule has 0 bridgehead atoms. The molecule has 0 amide bonds. The fourth-order valence-electron chi connectivity index (χ4n) is 1.29. The molecular formula is C10H11N5O2S2. The highest BCUT2D eigenvalue weighted by Crippen LogP contribution is 2.34. The normalized spacial score (nSPS) is 10.4. The molecule has 0 aliphatic carbocycles. The van der Waals surface area contributed by atoms with Crippen molar-refractivity contribution in [2.45, 2.75) is 22.7 Å². The largest absolute Gasteiger partial charge is 0.370 e. The Labute approximate surface area is 117 Å². The molecule has 0 radical (unpaired) electrons. The van der Waals surface area contributed by atoms with Gasteiger partial charge in [-0.3, -0.25) is 10.1 Å². The van der Waals surface area contributed by atoms with Crippen molar-refractivity contribution in [1.29, 1.82) is 0 Å². The first kappa shape index (κ1) is 13.7. The van der Waals surface area contributed by atoms with Crippen molar-refractivity contribution >= 4 is 34.8 Å². The average Bonchev–Trinajstić information content (AvgIpc) is 2.89. The number of hydrogen-bond acceptors (Lipinski definition) is 8. The van der Waals surface area contributed by atoms with E-state index in [1.54, 1.807) is 6.07 Å². The van der Waals surface area contributed by atoms with E-state index in [1.807, 2.05) is 6.92 Å². The minimum absolute atomic E-state index is 0.0257. The summed E-state index contributed by atoms with van der Waals surface area (Å²) >= 11 is 2.33. The third kappa shape index (κ3) is 3.61. The smallest absolute Gasteiger partial charge is 0.301 e. The number of nitrogens with zero attached hydrogens (tertiary/aromatic N) is 4. The van der Waals surface area contributed by atoms with Crippen LogP contribution >= 0.6 is 23.3 Å². The standard InChI is InChI=1S/C10H11N5O2S2/c1-2-5-11-8-4-3-7(15(16)17)9(14-8)18-10-12-6-13-19-10/h3-4,6H,2,5H2,1H3,(H,11,14). The van der Waals surface area contributed by atoms with E-state index < -0.39 is 4.92 Å². The van der Waals surface area contributed by atoms with Crippen LogP contribution in [0.3, 0.4) is 0 Å². The van der Waals surface area contributed by atoms with Crippen molar-refractivity contribution in [3.05, 3.63) is 28.6 Å². The summed E-state index contributed by atoms with van der Waals surface area (Å²) in [6, 6.07) is 3.06. The van der Waals surface area contributed by atoms with Crippen LogP contribution in [0.2, 0.25) is 0 Å². The maximum Gasteiger partial charge on any atom is 0.301 e. The molecular weight excluding hydrogens is 286 g/mol. The van der Waals surface area contributed by atoms with Gasteiger partial charge in [-0.15, -0.1) is 0 Å². The summed E-state index contributed by atoms with van der Waals surface area (Å²) in [7, 11) is 0. The fraction of sp³-hybridized carbons (Fsp3) is 0.300. The zero-order chi connectivity index (χ0) is 13.7. The van der Waals surface area contributed by atoms with E-state index in [0.29, 0.717) is 15.2 Å². The van der Waals surface area contributed by atoms with Crippen molar-refractivity contribution in [3.63, 3.8) is 0 Å². The average molecular weight is 297 g/mol. The monoisotopic (exact) mass is 297 g/mol. The Balaban J connectivity index is 2.27. The van der Waals surface area contributed by atoms with Gasteiger partial charge in [-0.1, -0.05) is 6.92 Å². The quantitative estimate of drug-likeness (QED) is 0.647. The number of nitro groups is 1. The SMILES string of the molecule is CCCNc1ccc([N+](=O)[O-])c(Sc2ncns2)n1. The van der Waals surface area contributed by atoms with E-state index in [4.69, 9.17) is 0 Å². The predicted octanol–water partition coefficient (Wildman–Crippen LogP) is 2.81.